The summed E-state index contributed by atoms with van der Waals surface area (Å²) in [6.07, 6.45) is 0. The van der Waals surface area contributed by atoms with E-state index in [1.54, 1.807) is 13.8 Å². The van der Waals surface area contributed by atoms with Crippen molar-refractivity contribution in [2.24, 2.45) is 0 Å². The van der Waals surface area contributed by atoms with Crippen LogP contribution >= 0.6 is 0 Å². The molecule has 0 radical (unpaired) electrons. The molecule has 3 aromatic rings. The Labute approximate surface area is 146 Å². The molecule has 2 aromatic carbocycles. The first-order valence-corrected chi connectivity index (χ1v) is 9.21. The van der Waals surface area contributed by atoms with E-state index in [9.17, 15) is 10.1 Å². The molecule has 0 bridgehead atoms. The Kier molecular flexibility index (Phi) is 4.60. The third kappa shape index (κ3) is 3.03. The van der Waals surface area contributed by atoms with Crippen molar-refractivity contribution in [3.63, 3.8) is 0 Å². The molecule has 5 nitrogen and oxygen atoms in total. The Balaban J connectivity index is 2.19. The molecule has 0 spiro atoms. The summed E-state index contributed by atoms with van der Waals surface area (Å²) in [7, 11) is 0. The minimum atomic E-state index is -1.14. The van der Waals surface area contributed by atoms with Gasteiger partial charge in [-0.15, -0.1) is 0 Å². The molecular weight excluding hydrogens is 369 g/mol. The molecule has 0 aliphatic rings. The quantitative estimate of drug-likeness (QED) is 0.383. The Morgan fingerprint density at radius 2 is 1.62 bits per heavy atom. The van der Waals surface area contributed by atoms with Crippen molar-refractivity contribution < 1.29 is 4.92 Å². The fraction of sp³-hybridized carbons (Fsp3) is 0.222. The van der Waals surface area contributed by atoms with Crippen molar-refractivity contribution >= 4 is 14.7 Å². The van der Waals surface area contributed by atoms with Crippen LogP contribution in [0, 0.1) is 10.1 Å². The van der Waals surface area contributed by atoms with Crippen molar-refractivity contribution in [2.75, 3.05) is 0 Å². The molecule has 0 saturated carbocycles. The van der Waals surface area contributed by atoms with Crippen LogP contribution in [0.25, 0.3) is 11.3 Å². The van der Waals surface area contributed by atoms with E-state index in [4.69, 9.17) is 0 Å². The maximum absolute atomic E-state index is 11.8. The predicted molar refractivity (Wildman–Crippen MR) is 93.8 cm³/mol. The predicted octanol–water partition coefficient (Wildman–Crippen LogP) is 3.39. The van der Waals surface area contributed by atoms with Crippen LogP contribution < -0.4 is 0 Å². The molecule has 6 heteroatoms. The zero-order chi connectivity index (χ0) is 17.2. The first kappa shape index (κ1) is 16.6. The second-order valence-electron chi connectivity index (χ2n) is 6.11. The summed E-state index contributed by atoms with van der Waals surface area (Å²) in [5.74, 6) is -0.362. The molecule has 122 valence electrons. The van der Waals surface area contributed by atoms with Crippen LogP contribution in [0.1, 0.15) is 29.8 Å². The van der Waals surface area contributed by atoms with Crippen LogP contribution in [-0.2, 0) is 0 Å². The summed E-state index contributed by atoms with van der Waals surface area (Å²) < 4.78 is 5.19. The van der Waals surface area contributed by atoms with E-state index < -0.39 is 5.54 Å². The van der Waals surface area contributed by atoms with E-state index in [0.29, 0.717) is 0 Å². The fourth-order valence-corrected chi connectivity index (χ4v) is 4.88. The molecular formula is C18H17N3O2Se. The van der Waals surface area contributed by atoms with Gasteiger partial charge in [0.2, 0.25) is 0 Å². The molecule has 1 heterocycles. The van der Waals surface area contributed by atoms with E-state index in [1.165, 1.54) is 0 Å². The van der Waals surface area contributed by atoms with Crippen molar-refractivity contribution in [3.05, 3.63) is 80.8 Å². The molecule has 0 amide bonds. The molecule has 3 rings (SSSR count). The molecule has 0 aliphatic carbocycles. The number of hydrogen-bond acceptors (Lipinski definition) is 4. The van der Waals surface area contributed by atoms with Crippen molar-refractivity contribution in [2.45, 2.75) is 25.3 Å². The van der Waals surface area contributed by atoms with Gasteiger partial charge in [-0.3, -0.25) is 0 Å². The van der Waals surface area contributed by atoms with Gasteiger partial charge in [0.25, 0.3) is 0 Å². The molecule has 1 aromatic heterocycles. The van der Waals surface area contributed by atoms with Gasteiger partial charge >= 0.3 is 146 Å². The van der Waals surface area contributed by atoms with Crippen LogP contribution in [0.5, 0.6) is 0 Å². The van der Waals surface area contributed by atoms with E-state index in [2.05, 4.69) is 9.19 Å². The Morgan fingerprint density at radius 3 is 2.21 bits per heavy atom. The first-order valence-electron chi connectivity index (χ1n) is 7.59. The van der Waals surface area contributed by atoms with Crippen LogP contribution in [0.2, 0.25) is 0 Å². The SMILES string of the molecule is CC(C)([C@@H](c1ccccc1)c1[se]nnc1-c1ccccc1)[N+](=O)[O-]. The molecule has 0 unspecified atom stereocenters. The molecule has 0 saturated heterocycles. The zero-order valence-electron chi connectivity index (χ0n) is 13.4. The summed E-state index contributed by atoms with van der Waals surface area (Å²) >= 11 is -0.237. The van der Waals surface area contributed by atoms with Gasteiger partial charge in [0, 0.05) is 0 Å². The average Bonchev–Trinajstić information content (AvgIpc) is 3.05. The van der Waals surface area contributed by atoms with Crippen molar-refractivity contribution in [3.8, 4) is 11.3 Å². The number of benzene rings is 2. The van der Waals surface area contributed by atoms with Gasteiger partial charge in [0.1, 0.15) is 0 Å². The Hall–Kier alpha value is -2.30. The topological polar surface area (TPSA) is 68.9 Å². The van der Waals surface area contributed by atoms with Crippen molar-refractivity contribution in [1.29, 1.82) is 0 Å². The Morgan fingerprint density at radius 1 is 1.04 bits per heavy atom. The van der Waals surface area contributed by atoms with Gasteiger partial charge in [-0.2, -0.15) is 0 Å². The molecule has 24 heavy (non-hydrogen) atoms. The second kappa shape index (κ2) is 6.67. The molecule has 0 fully saturated rings. The van der Waals surface area contributed by atoms with Gasteiger partial charge in [-0.1, -0.05) is 0 Å². The van der Waals surface area contributed by atoms with Gasteiger partial charge < -0.3 is 0 Å². The fourth-order valence-electron chi connectivity index (χ4n) is 2.81. The van der Waals surface area contributed by atoms with E-state index in [1.807, 2.05) is 60.7 Å². The van der Waals surface area contributed by atoms with Gasteiger partial charge in [0.15, 0.2) is 0 Å². The van der Waals surface area contributed by atoms with Crippen LogP contribution in [0.3, 0.4) is 0 Å². The zero-order valence-corrected chi connectivity index (χ0v) is 15.1. The summed E-state index contributed by atoms with van der Waals surface area (Å²) in [5.41, 5.74) is 1.51. The van der Waals surface area contributed by atoms with E-state index in [0.717, 1.165) is 21.3 Å². The molecule has 0 aliphatic heterocycles. The Bertz CT molecular complexity index is 832. The molecule has 1 atom stereocenters. The first-order chi connectivity index (χ1) is 11.5. The van der Waals surface area contributed by atoms with Gasteiger partial charge in [-0.05, 0) is 0 Å². The number of nitro groups is 1. The third-order valence-electron chi connectivity index (χ3n) is 4.13. The number of nitrogens with zero attached hydrogens (tertiary/aromatic N) is 3. The number of aromatic nitrogens is 2. The summed E-state index contributed by atoms with van der Waals surface area (Å²) in [5, 5.41) is 16.1. The van der Waals surface area contributed by atoms with Crippen molar-refractivity contribution in [1.82, 2.24) is 9.19 Å². The summed E-state index contributed by atoms with van der Waals surface area (Å²) in [6, 6.07) is 19.4. The normalized spacial score (nSPS) is 12.8. The maximum atomic E-state index is 11.8. The van der Waals surface area contributed by atoms with Crippen LogP contribution in [0.15, 0.2) is 60.7 Å². The standard InChI is InChI=1S/C18H17N3O2Se/c1-18(2,21(22)23)15(13-9-5-3-6-10-13)17-16(19-20-24-17)14-11-7-4-8-12-14/h3-12,15H,1-2H3/t15-/m0/s1. The number of hydrogen-bond donors (Lipinski definition) is 0. The third-order valence-corrected chi connectivity index (χ3v) is 5.79. The monoisotopic (exact) mass is 387 g/mol. The van der Waals surface area contributed by atoms with E-state index >= 15 is 0 Å². The number of rotatable bonds is 5. The minimum absolute atomic E-state index is 0.200. The van der Waals surface area contributed by atoms with Crippen LogP contribution in [0.4, 0.5) is 0 Å². The van der Waals surface area contributed by atoms with E-state index in [-0.39, 0.29) is 25.6 Å². The van der Waals surface area contributed by atoms with Gasteiger partial charge in [-0.25, -0.2) is 0 Å². The summed E-state index contributed by atoms with van der Waals surface area (Å²) in [6.45, 7) is 3.35. The molecule has 0 N–H and O–H groups in total. The second-order valence-corrected chi connectivity index (χ2v) is 7.75. The van der Waals surface area contributed by atoms with Gasteiger partial charge in [0.05, 0.1) is 0 Å². The summed E-state index contributed by atoms with van der Waals surface area (Å²) in [4.78, 5) is 11.6. The average molecular weight is 386 g/mol. The van der Waals surface area contributed by atoms with Crippen LogP contribution in [-0.4, -0.2) is 34.4 Å².